The van der Waals surface area contributed by atoms with Crippen LogP contribution in [-0.4, -0.2) is 72.3 Å². The number of imidazole rings is 1. The fourth-order valence-electron chi connectivity index (χ4n) is 3.97. The summed E-state index contributed by atoms with van der Waals surface area (Å²) in [4.78, 5) is 21.6. The third-order valence-electron chi connectivity index (χ3n) is 5.69. The Bertz CT molecular complexity index is 963. The lowest BCUT2D eigenvalue weighted by molar-refractivity contribution is 0.0746. The van der Waals surface area contributed by atoms with Gasteiger partial charge in [-0.2, -0.15) is 4.31 Å². The minimum absolute atomic E-state index is 0. The Morgan fingerprint density at radius 3 is 2.23 bits per heavy atom. The van der Waals surface area contributed by atoms with E-state index in [-0.39, 0.29) is 23.2 Å². The number of sulfonamides is 1. The molecule has 1 amide bonds. The molecule has 164 valence electrons. The van der Waals surface area contributed by atoms with E-state index in [0.717, 1.165) is 38.4 Å². The molecule has 3 heterocycles. The summed E-state index contributed by atoms with van der Waals surface area (Å²) in [5.41, 5.74) is 0.522. The van der Waals surface area contributed by atoms with E-state index in [2.05, 4.69) is 21.4 Å². The van der Waals surface area contributed by atoms with Crippen LogP contribution in [0, 0.1) is 0 Å². The van der Waals surface area contributed by atoms with E-state index < -0.39 is 10.0 Å². The zero-order chi connectivity index (χ0) is 20.4. The van der Waals surface area contributed by atoms with Crippen molar-refractivity contribution in [2.75, 3.05) is 44.2 Å². The van der Waals surface area contributed by atoms with Crippen molar-refractivity contribution in [3.8, 4) is 0 Å². The van der Waals surface area contributed by atoms with Crippen LogP contribution in [0.1, 0.15) is 30.1 Å². The average molecular weight is 454 g/mol. The Morgan fingerprint density at radius 1 is 1.00 bits per heavy atom. The van der Waals surface area contributed by atoms with E-state index in [1.54, 1.807) is 30.5 Å². The quantitative estimate of drug-likeness (QED) is 0.692. The minimum atomic E-state index is -3.45. The molecule has 1 aromatic heterocycles. The smallest absolute Gasteiger partial charge is 0.253 e. The molecular weight excluding hydrogens is 426 g/mol. The predicted octanol–water partition coefficient (Wildman–Crippen LogP) is 2.07. The molecule has 0 N–H and O–H groups in total. The Balaban J connectivity index is 0.00000256. The van der Waals surface area contributed by atoms with Crippen LogP contribution in [0.3, 0.4) is 0 Å². The fraction of sp³-hybridized carbons (Fsp3) is 0.500. The van der Waals surface area contributed by atoms with Gasteiger partial charge in [0.15, 0.2) is 0 Å². The second-order valence-electron chi connectivity index (χ2n) is 7.43. The lowest BCUT2D eigenvalue weighted by Gasteiger charge is -2.35. The van der Waals surface area contributed by atoms with Gasteiger partial charge in [0, 0.05) is 63.8 Å². The molecular formula is C20H28ClN5O3S. The van der Waals surface area contributed by atoms with Gasteiger partial charge in [0.1, 0.15) is 0 Å². The van der Waals surface area contributed by atoms with Gasteiger partial charge in [0.2, 0.25) is 16.0 Å². The number of carbonyl (C=O) groups excluding carboxylic acids is 1. The molecule has 2 aromatic rings. The number of hydrogen-bond acceptors (Lipinski definition) is 5. The second kappa shape index (κ2) is 9.36. The van der Waals surface area contributed by atoms with E-state index in [0.29, 0.717) is 31.7 Å². The number of anilines is 1. The summed E-state index contributed by atoms with van der Waals surface area (Å²) in [5.74, 6) is 0.879. The number of halogens is 1. The first-order valence-electron chi connectivity index (χ1n) is 10.2. The number of hydrogen-bond donors (Lipinski definition) is 0. The average Bonchev–Trinajstić information content (AvgIpc) is 3.45. The van der Waals surface area contributed by atoms with Crippen molar-refractivity contribution in [3.05, 3.63) is 42.2 Å². The molecule has 1 aromatic carbocycles. The van der Waals surface area contributed by atoms with Crippen molar-refractivity contribution in [1.29, 1.82) is 0 Å². The Kier molecular flexibility index (Phi) is 7.05. The molecule has 2 saturated heterocycles. The molecule has 0 unspecified atom stereocenters. The van der Waals surface area contributed by atoms with E-state index in [4.69, 9.17) is 0 Å². The lowest BCUT2D eigenvalue weighted by Crippen LogP contribution is -2.49. The molecule has 0 spiro atoms. The SMILES string of the molecule is CCn1ccnc1N1CCN(C(=O)c2ccc(S(=O)(=O)N3CCCC3)cc2)CC1.Cl. The van der Waals surface area contributed by atoms with Gasteiger partial charge < -0.3 is 14.4 Å². The number of carbonyl (C=O) groups is 1. The molecule has 4 rings (SSSR count). The normalized spacial score (nSPS) is 17.8. The summed E-state index contributed by atoms with van der Waals surface area (Å²) in [6, 6.07) is 6.35. The molecule has 2 fully saturated rings. The molecule has 0 radical (unpaired) electrons. The lowest BCUT2D eigenvalue weighted by atomic mass is 10.2. The van der Waals surface area contributed by atoms with E-state index in [9.17, 15) is 13.2 Å². The summed E-state index contributed by atoms with van der Waals surface area (Å²) in [6.45, 7) is 6.77. The van der Waals surface area contributed by atoms with Crippen LogP contribution in [0.5, 0.6) is 0 Å². The molecule has 0 saturated carbocycles. The van der Waals surface area contributed by atoms with Gasteiger partial charge >= 0.3 is 0 Å². The van der Waals surface area contributed by atoms with Crippen LogP contribution in [0.15, 0.2) is 41.6 Å². The molecule has 2 aliphatic rings. The van der Waals surface area contributed by atoms with Gasteiger partial charge in [0.25, 0.3) is 5.91 Å². The molecule has 30 heavy (non-hydrogen) atoms. The van der Waals surface area contributed by atoms with Crippen molar-refractivity contribution < 1.29 is 13.2 Å². The monoisotopic (exact) mass is 453 g/mol. The predicted molar refractivity (Wildman–Crippen MR) is 118 cm³/mol. The van der Waals surface area contributed by atoms with Crippen molar-refractivity contribution >= 4 is 34.3 Å². The molecule has 0 atom stereocenters. The first-order valence-corrected chi connectivity index (χ1v) is 11.6. The van der Waals surface area contributed by atoms with Crippen molar-refractivity contribution in [1.82, 2.24) is 18.8 Å². The van der Waals surface area contributed by atoms with Crippen LogP contribution in [-0.2, 0) is 16.6 Å². The fourth-order valence-corrected chi connectivity index (χ4v) is 5.49. The van der Waals surface area contributed by atoms with E-state index in [1.165, 1.54) is 4.31 Å². The minimum Gasteiger partial charge on any atom is -0.339 e. The number of benzene rings is 1. The third-order valence-corrected chi connectivity index (χ3v) is 7.60. The van der Waals surface area contributed by atoms with Gasteiger partial charge in [-0.25, -0.2) is 13.4 Å². The standard InChI is InChI=1S/C20H27N5O3S.ClH/c1-2-22-12-9-21-20(22)24-15-13-23(14-16-24)19(26)17-5-7-18(8-6-17)29(27,28)25-10-3-4-11-25;/h5-9,12H,2-4,10-11,13-16H2,1H3;1H. The highest BCUT2D eigenvalue weighted by molar-refractivity contribution is 7.89. The van der Waals surface area contributed by atoms with E-state index in [1.807, 2.05) is 11.1 Å². The summed E-state index contributed by atoms with van der Waals surface area (Å²) in [5, 5.41) is 0. The third kappa shape index (κ3) is 4.33. The first-order chi connectivity index (χ1) is 14.0. The Hall–Kier alpha value is -2.10. The first kappa shape index (κ1) is 22.6. The Labute approximate surface area is 183 Å². The summed E-state index contributed by atoms with van der Waals surface area (Å²) < 4.78 is 28.9. The topological polar surface area (TPSA) is 78.8 Å². The van der Waals surface area contributed by atoms with Crippen LogP contribution >= 0.6 is 12.4 Å². The summed E-state index contributed by atoms with van der Waals surface area (Å²) in [7, 11) is -3.45. The van der Waals surface area contributed by atoms with Crippen LogP contribution in [0.25, 0.3) is 0 Å². The van der Waals surface area contributed by atoms with Gasteiger partial charge in [-0.1, -0.05) is 0 Å². The van der Waals surface area contributed by atoms with Crippen molar-refractivity contribution in [2.45, 2.75) is 31.2 Å². The molecule has 10 heteroatoms. The highest BCUT2D eigenvalue weighted by Crippen LogP contribution is 2.22. The highest BCUT2D eigenvalue weighted by Gasteiger charge is 2.28. The van der Waals surface area contributed by atoms with Gasteiger partial charge in [0.05, 0.1) is 4.90 Å². The van der Waals surface area contributed by atoms with Crippen molar-refractivity contribution in [3.63, 3.8) is 0 Å². The molecule has 0 aliphatic carbocycles. The summed E-state index contributed by atoms with van der Waals surface area (Å²) >= 11 is 0. The van der Waals surface area contributed by atoms with Crippen LogP contribution in [0.2, 0.25) is 0 Å². The number of piperazine rings is 1. The second-order valence-corrected chi connectivity index (χ2v) is 9.37. The maximum atomic E-state index is 12.9. The van der Waals surface area contributed by atoms with Gasteiger partial charge in [-0.3, -0.25) is 4.79 Å². The maximum Gasteiger partial charge on any atom is 0.253 e. The van der Waals surface area contributed by atoms with Gasteiger partial charge in [-0.15, -0.1) is 12.4 Å². The molecule has 2 aliphatic heterocycles. The molecule has 8 nitrogen and oxygen atoms in total. The highest BCUT2D eigenvalue weighted by atomic mass is 35.5. The van der Waals surface area contributed by atoms with Gasteiger partial charge in [-0.05, 0) is 44.0 Å². The zero-order valence-corrected chi connectivity index (χ0v) is 18.7. The number of aryl methyl sites for hydroxylation is 1. The number of aromatic nitrogens is 2. The Morgan fingerprint density at radius 2 is 1.63 bits per heavy atom. The zero-order valence-electron chi connectivity index (χ0n) is 17.1. The summed E-state index contributed by atoms with van der Waals surface area (Å²) in [6.07, 6.45) is 5.57. The van der Waals surface area contributed by atoms with Crippen LogP contribution < -0.4 is 4.90 Å². The van der Waals surface area contributed by atoms with Crippen LogP contribution in [0.4, 0.5) is 5.95 Å². The largest absolute Gasteiger partial charge is 0.339 e. The number of nitrogens with zero attached hydrogens (tertiary/aromatic N) is 5. The number of amides is 1. The van der Waals surface area contributed by atoms with Crippen molar-refractivity contribution in [2.24, 2.45) is 0 Å². The molecule has 0 bridgehead atoms. The van der Waals surface area contributed by atoms with E-state index >= 15 is 0 Å². The maximum absolute atomic E-state index is 12.9. The number of rotatable bonds is 5.